The van der Waals surface area contributed by atoms with Gasteiger partial charge in [0.05, 0.1) is 11.4 Å². The van der Waals surface area contributed by atoms with E-state index in [9.17, 15) is 9.18 Å². The van der Waals surface area contributed by atoms with Crippen molar-refractivity contribution in [2.45, 2.75) is 5.75 Å². The zero-order valence-electron chi connectivity index (χ0n) is 9.30. The van der Waals surface area contributed by atoms with E-state index in [1.807, 2.05) is 0 Å². The zero-order chi connectivity index (χ0) is 13.0. The van der Waals surface area contributed by atoms with Crippen LogP contribution in [0.3, 0.4) is 0 Å². The zero-order valence-corrected chi connectivity index (χ0v) is 10.1. The molecule has 1 heterocycles. The first-order chi connectivity index (χ1) is 8.65. The molecule has 0 saturated carbocycles. The number of carboxylic acid groups (broad SMARTS) is 1. The van der Waals surface area contributed by atoms with Crippen molar-refractivity contribution in [2.75, 3.05) is 5.75 Å². The number of hydrogen-bond donors (Lipinski definition) is 1. The third kappa shape index (κ3) is 3.33. The molecule has 2 rings (SSSR count). The Labute approximate surface area is 107 Å². The molecule has 0 aliphatic rings. The summed E-state index contributed by atoms with van der Waals surface area (Å²) in [4.78, 5) is 10.3. The van der Waals surface area contributed by atoms with Crippen LogP contribution in [0.5, 0.6) is 0 Å². The van der Waals surface area contributed by atoms with Crippen LogP contribution >= 0.6 is 11.8 Å². The van der Waals surface area contributed by atoms with Gasteiger partial charge >= 0.3 is 5.97 Å². The number of rotatable bonds is 5. The van der Waals surface area contributed by atoms with E-state index in [1.54, 1.807) is 18.2 Å². The second-order valence-corrected chi connectivity index (χ2v) is 4.56. The molecule has 0 bridgehead atoms. The fourth-order valence-electron chi connectivity index (χ4n) is 1.37. The summed E-state index contributed by atoms with van der Waals surface area (Å²) in [7, 11) is 0. The maximum atomic E-state index is 12.7. The maximum absolute atomic E-state index is 12.7. The normalized spacial score (nSPS) is 10.5. The molecule has 94 valence electrons. The quantitative estimate of drug-likeness (QED) is 0.902. The van der Waals surface area contributed by atoms with Crippen LogP contribution in [0.25, 0.3) is 11.3 Å². The Morgan fingerprint density at radius 1 is 1.39 bits per heavy atom. The molecule has 2 aromatic rings. The number of carbonyl (C=O) groups is 1. The predicted octanol–water partition coefficient (Wildman–Crippen LogP) is 2.80. The minimum absolute atomic E-state index is 0.0265. The molecule has 1 N–H and O–H groups in total. The van der Waals surface area contributed by atoms with Crippen LogP contribution in [0.4, 0.5) is 4.39 Å². The Morgan fingerprint density at radius 3 is 2.78 bits per heavy atom. The van der Waals surface area contributed by atoms with Crippen molar-refractivity contribution in [1.29, 1.82) is 0 Å². The van der Waals surface area contributed by atoms with Gasteiger partial charge < -0.3 is 9.63 Å². The van der Waals surface area contributed by atoms with Gasteiger partial charge in [-0.2, -0.15) is 0 Å². The number of thioether (sulfide) groups is 1. The SMILES string of the molecule is O=C(O)CSCc1cc(-c2ccc(F)cc2)on1. The average molecular weight is 267 g/mol. The summed E-state index contributed by atoms with van der Waals surface area (Å²) in [5, 5.41) is 12.3. The van der Waals surface area contributed by atoms with Crippen LogP contribution in [0, 0.1) is 5.82 Å². The van der Waals surface area contributed by atoms with Gasteiger partial charge in [0, 0.05) is 17.4 Å². The van der Waals surface area contributed by atoms with Gasteiger partial charge in [0.15, 0.2) is 5.76 Å². The molecule has 1 aromatic carbocycles. The number of aromatic nitrogens is 1. The minimum Gasteiger partial charge on any atom is -0.481 e. The monoisotopic (exact) mass is 267 g/mol. The topological polar surface area (TPSA) is 63.3 Å². The fraction of sp³-hybridized carbons (Fsp3) is 0.167. The number of hydrogen-bond acceptors (Lipinski definition) is 4. The summed E-state index contributed by atoms with van der Waals surface area (Å²) in [6, 6.07) is 7.61. The lowest BCUT2D eigenvalue weighted by atomic mass is 10.1. The molecule has 1 aromatic heterocycles. The van der Waals surface area contributed by atoms with Crippen molar-refractivity contribution >= 4 is 17.7 Å². The second-order valence-electron chi connectivity index (χ2n) is 3.58. The Hall–Kier alpha value is -1.82. The molecule has 0 aliphatic carbocycles. The van der Waals surface area contributed by atoms with Crippen molar-refractivity contribution in [3.8, 4) is 11.3 Å². The fourth-order valence-corrected chi connectivity index (χ4v) is 1.99. The standard InChI is InChI=1S/C12H10FNO3S/c13-9-3-1-8(2-4-9)11-5-10(14-17-11)6-18-7-12(15)16/h1-5H,6-7H2,(H,15,16). The Kier molecular flexibility index (Phi) is 3.99. The highest BCUT2D eigenvalue weighted by Gasteiger charge is 2.07. The van der Waals surface area contributed by atoms with Crippen molar-refractivity contribution in [1.82, 2.24) is 5.16 Å². The van der Waals surface area contributed by atoms with Gasteiger partial charge in [-0.15, -0.1) is 11.8 Å². The van der Waals surface area contributed by atoms with Crippen LogP contribution in [-0.2, 0) is 10.5 Å². The minimum atomic E-state index is -0.859. The van der Waals surface area contributed by atoms with Crippen LogP contribution in [-0.4, -0.2) is 22.0 Å². The highest BCUT2D eigenvalue weighted by atomic mass is 32.2. The summed E-state index contributed by atoms with van der Waals surface area (Å²) in [6.07, 6.45) is 0. The number of carboxylic acids is 1. The lowest BCUT2D eigenvalue weighted by Crippen LogP contribution is -1.98. The van der Waals surface area contributed by atoms with Crippen LogP contribution in [0.15, 0.2) is 34.9 Å². The molecule has 0 unspecified atom stereocenters. The molecule has 4 nitrogen and oxygen atoms in total. The van der Waals surface area contributed by atoms with Crippen molar-refractivity contribution in [3.63, 3.8) is 0 Å². The van der Waals surface area contributed by atoms with Crippen LogP contribution in [0.1, 0.15) is 5.69 Å². The molecular weight excluding hydrogens is 257 g/mol. The average Bonchev–Trinajstić information content (AvgIpc) is 2.78. The Bertz CT molecular complexity index is 539. The lowest BCUT2D eigenvalue weighted by molar-refractivity contribution is -0.133. The van der Waals surface area contributed by atoms with Gasteiger partial charge in [-0.05, 0) is 24.3 Å². The van der Waals surface area contributed by atoms with Gasteiger partial charge in [0.25, 0.3) is 0 Å². The van der Waals surface area contributed by atoms with Crippen molar-refractivity contribution in [3.05, 3.63) is 41.8 Å². The largest absolute Gasteiger partial charge is 0.481 e. The molecule has 0 fully saturated rings. The summed E-state index contributed by atoms with van der Waals surface area (Å²) in [5.41, 5.74) is 1.40. The number of halogens is 1. The van der Waals surface area contributed by atoms with E-state index in [2.05, 4.69) is 5.16 Å². The number of aliphatic carboxylic acids is 1. The molecular formula is C12H10FNO3S. The summed E-state index contributed by atoms with van der Waals surface area (Å²) < 4.78 is 17.9. The smallest absolute Gasteiger partial charge is 0.313 e. The molecule has 6 heteroatoms. The van der Waals surface area contributed by atoms with Crippen molar-refractivity contribution in [2.24, 2.45) is 0 Å². The molecule has 0 radical (unpaired) electrons. The van der Waals surface area contributed by atoms with Gasteiger partial charge in [-0.1, -0.05) is 5.16 Å². The number of nitrogens with zero attached hydrogens (tertiary/aromatic N) is 1. The maximum Gasteiger partial charge on any atom is 0.313 e. The first kappa shape index (κ1) is 12.6. The summed E-state index contributed by atoms with van der Waals surface area (Å²) >= 11 is 1.24. The van der Waals surface area contributed by atoms with Gasteiger partial charge in [-0.3, -0.25) is 4.79 Å². The molecule has 0 amide bonds. The highest BCUT2D eigenvalue weighted by molar-refractivity contribution is 7.99. The van der Waals surface area contributed by atoms with Gasteiger partial charge in [-0.25, -0.2) is 4.39 Å². The van der Waals surface area contributed by atoms with Crippen LogP contribution in [0.2, 0.25) is 0 Å². The molecule has 0 aliphatic heterocycles. The summed E-state index contributed by atoms with van der Waals surface area (Å²) in [5.74, 6) is -0.130. The Morgan fingerprint density at radius 2 is 2.11 bits per heavy atom. The highest BCUT2D eigenvalue weighted by Crippen LogP contribution is 2.22. The van der Waals surface area contributed by atoms with E-state index in [0.717, 1.165) is 5.56 Å². The third-order valence-electron chi connectivity index (χ3n) is 2.16. The van der Waals surface area contributed by atoms with E-state index in [4.69, 9.17) is 9.63 Å². The van der Waals surface area contributed by atoms with E-state index in [-0.39, 0.29) is 11.6 Å². The molecule has 0 spiro atoms. The Balaban J connectivity index is 2.01. The van der Waals surface area contributed by atoms with E-state index in [1.165, 1.54) is 23.9 Å². The van der Waals surface area contributed by atoms with E-state index >= 15 is 0 Å². The second kappa shape index (κ2) is 5.68. The first-order valence-corrected chi connectivity index (χ1v) is 6.31. The molecule has 0 saturated heterocycles. The van der Waals surface area contributed by atoms with E-state index in [0.29, 0.717) is 17.2 Å². The molecule has 0 atom stereocenters. The van der Waals surface area contributed by atoms with Gasteiger partial charge in [0.2, 0.25) is 0 Å². The van der Waals surface area contributed by atoms with E-state index < -0.39 is 5.97 Å². The third-order valence-corrected chi connectivity index (χ3v) is 3.11. The predicted molar refractivity (Wildman–Crippen MR) is 65.7 cm³/mol. The van der Waals surface area contributed by atoms with Crippen molar-refractivity contribution < 1.29 is 18.8 Å². The van der Waals surface area contributed by atoms with Crippen LogP contribution < -0.4 is 0 Å². The summed E-state index contributed by atoms with van der Waals surface area (Å²) in [6.45, 7) is 0. The van der Waals surface area contributed by atoms with Gasteiger partial charge in [0.1, 0.15) is 5.82 Å². The number of benzene rings is 1. The first-order valence-electron chi connectivity index (χ1n) is 5.16. The lowest BCUT2D eigenvalue weighted by Gasteiger charge is -1.93. The molecule has 18 heavy (non-hydrogen) atoms.